The minimum absolute atomic E-state index is 0.647. The van der Waals surface area contributed by atoms with Crippen LogP contribution in [0.2, 0.25) is 10.0 Å². The minimum Gasteiger partial charge on any atom is -0.340 e. The van der Waals surface area contributed by atoms with E-state index >= 15 is 0 Å². The third-order valence-corrected chi connectivity index (χ3v) is 7.47. The first-order valence-corrected chi connectivity index (χ1v) is 13.0. The van der Waals surface area contributed by atoms with Gasteiger partial charge < -0.3 is 9.88 Å². The van der Waals surface area contributed by atoms with Gasteiger partial charge in [-0.1, -0.05) is 77.4 Å². The summed E-state index contributed by atoms with van der Waals surface area (Å²) >= 11 is 14.2. The summed E-state index contributed by atoms with van der Waals surface area (Å²) in [6.07, 6.45) is 0. The van der Waals surface area contributed by atoms with Gasteiger partial charge in [0.1, 0.15) is 0 Å². The van der Waals surface area contributed by atoms with Crippen LogP contribution in [0.3, 0.4) is 0 Å². The van der Waals surface area contributed by atoms with Crippen molar-refractivity contribution in [3.63, 3.8) is 0 Å². The Balaban J connectivity index is 1.26. The zero-order chi connectivity index (χ0) is 24.2. The summed E-state index contributed by atoms with van der Waals surface area (Å²) in [5, 5.41) is 19.1. The van der Waals surface area contributed by atoms with Gasteiger partial charge in [-0.3, -0.25) is 0 Å². The van der Waals surface area contributed by atoms with Crippen LogP contribution in [0.4, 0.5) is 0 Å². The number of hydrogen-bond donors (Lipinski definition) is 1. The Kier molecular flexibility index (Phi) is 7.39. The summed E-state index contributed by atoms with van der Waals surface area (Å²) in [6.45, 7) is 4.47. The molecule has 0 saturated heterocycles. The number of thioether (sulfide) groups is 1. The summed E-state index contributed by atoms with van der Waals surface area (Å²) in [7, 11) is 0. The first-order valence-electron chi connectivity index (χ1n) is 11.3. The molecule has 0 atom stereocenters. The maximum absolute atomic E-state index is 6.47. The van der Waals surface area contributed by atoms with Crippen molar-refractivity contribution < 1.29 is 0 Å². The Morgan fingerprint density at radius 1 is 0.971 bits per heavy atom. The smallest absolute Gasteiger partial charge is 0.214 e. The number of nitrogens with one attached hydrogen (secondary N) is 1. The molecule has 5 aromatic rings. The second-order valence-corrected chi connectivity index (χ2v) is 10.0. The highest BCUT2D eigenvalue weighted by Crippen LogP contribution is 2.29. The molecule has 0 aliphatic carbocycles. The molecule has 2 aromatic heterocycles. The van der Waals surface area contributed by atoms with Gasteiger partial charge in [-0.25, -0.2) is 0 Å². The molecule has 3 aromatic carbocycles. The molecule has 5 rings (SSSR count). The number of fused-ring (bicyclic) bond motifs is 1. The number of nitrogens with zero attached hydrogens (tertiary/aromatic N) is 5. The van der Waals surface area contributed by atoms with Crippen LogP contribution in [0.5, 0.6) is 0 Å². The number of rotatable bonds is 9. The van der Waals surface area contributed by atoms with Gasteiger partial charge in [0.15, 0.2) is 0 Å². The lowest BCUT2D eigenvalue weighted by atomic mass is 10.1. The Hall–Kier alpha value is -2.84. The first kappa shape index (κ1) is 23.9. The summed E-state index contributed by atoms with van der Waals surface area (Å²) < 4.78 is 4.09. The molecule has 0 spiro atoms. The number of tetrazole rings is 1. The van der Waals surface area contributed by atoms with Crippen LogP contribution in [0.15, 0.2) is 78.0 Å². The first-order chi connectivity index (χ1) is 17.1. The van der Waals surface area contributed by atoms with Gasteiger partial charge in [-0.05, 0) is 58.8 Å². The molecule has 0 fully saturated rings. The van der Waals surface area contributed by atoms with Crippen molar-refractivity contribution in [3.8, 4) is 5.69 Å². The number of halogens is 2. The van der Waals surface area contributed by atoms with E-state index in [2.05, 4.69) is 56.6 Å². The van der Waals surface area contributed by atoms with Crippen LogP contribution >= 0.6 is 35.0 Å². The third-order valence-electron chi connectivity index (χ3n) is 5.96. The minimum atomic E-state index is 0.647. The van der Waals surface area contributed by atoms with Crippen LogP contribution in [0.25, 0.3) is 16.6 Å². The SMILES string of the molecule is Cc1c(CNCCSc2nnnn2-c2ccccc2)c2ccccc2n1Cc1ccc(Cl)cc1Cl. The molecule has 0 aliphatic rings. The van der Waals surface area contributed by atoms with E-state index in [0.717, 1.165) is 35.2 Å². The molecule has 0 saturated carbocycles. The van der Waals surface area contributed by atoms with Gasteiger partial charge in [-0.15, -0.1) is 5.10 Å². The van der Waals surface area contributed by atoms with Gasteiger partial charge in [0.2, 0.25) is 5.16 Å². The second-order valence-electron chi connectivity index (χ2n) is 8.14. The molecule has 1 N–H and O–H groups in total. The topological polar surface area (TPSA) is 60.6 Å². The highest BCUT2D eigenvalue weighted by molar-refractivity contribution is 7.99. The summed E-state index contributed by atoms with van der Waals surface area (Å²) in [4.78, 5) is 0. The van der Waals surface area contributed by atoms with Gasteiger partial charge in [0, 0.05) is 52.0 Å². The average molecular weight is 523 g/mol. The van der Waals surface area contributed by atoms with Crippen LogP contribution in [0, 0.1) is 6.92 Å². The normalized spacial score (nSPS) is 11.4. The molecule has 0 amide bonds. The van der Waals surface area contributed by atoms with E-state index in [1.807, 2.05) is 42.5 Å². The molecule has 0 bridgehead atoms. The largest absolute Gasteiger partial charge is 0.340 e. The summed E-state index contributed by atoms with van der Waals surface area (Å²) in [5.41, 5.74) is 5.73. The lowest BCUT2D eigenvalue weighted by molar-refractivity contribution is 0.716. The standard InChI is InChI=1S/C26H24Cl2N6S/c1-18-23(16-29-13-14-35-26-30-31-32-34(26)21-7-3-2-4-8-21)22-9-5-6-10-25(22)33(18)17-19-11-12-20(27)15-24(19)28/h2-12,15,29H,13-14,16-17H2,1H3. The Bertz CT molecular complexity index is 1450. The molecular weight excluding hydrogens is 499 g/mol. The molecule has 6 nitrogen and oxygen atoms in total. The lowest BCUT2D eigenvalue weighted by Gasteiger charge is -2.11. The average Bonchev–Trinajstić information content (AvgIpc) is 3.44. The number of hydrogen-bond acceptors (Lipinski definition) is 5. The number of aromatic nitrogens is 5. The zero-order valence-electron chi connectivity index (χ0n) is 19.2. The molecule has 2 heterocycles. The monoisotopic (exact) mass is 522 g/mol. The molecule has 0 unspecified atom stereocenters. The van der Waals surface area contributed by atoms with Crippen molar-refractivity contribution in [2.75, 3.05) is 12.3 Å². The quantitative estimate of drug-likeness (QED) is 0.185. The van der Waals surface area contributed by atoms with Crippen LogP contribution in [-0.2, 0) is 13.1 Å². The van der Waals surface area contributed by atoms with Gasteiger partial charge in [0.25, 0.3) is 0 Å². The fourth-order valence-corrected chi connectivity index (χ4v) is 5.43. The maximum atomic E-state index is 6.47. The fraction of sp³-hybridized carbons (Fsp3) is 0.192. The van der Waals surface area contributed by atoms with E-state index in [1.54, 1.807) is 22.5 Å². The van der Waals surface area contributed by atoms with Gasteiger partial charge >= 0.3 is 0 Å². The van der Waals surface area contributed by atoms with E-state index in [1.165, 1.54) is 22.2 Å². The lowest BCUT2D eigenvalue weighted by Crippen LogP contribution is -2.17. The second kappa shape index (κ2) is 10.8. The van der Waals surface area contributed by atoms with Crippen LogP contribution in [-0.4, -0.2) is 37.1 Å². The maximum Gasteiger partial charge on any atom is 0.214 e. The van der Waals surface area contributed by atoms with Gasteiger partial charge in [0.05, 0.1) is 5.69 Å². The highest BCUT2D eigenvalue weighted by atomic mass is 35.5. The van der Waals surface area contributed by atoms with Crippen molar-refractivity contribution in [3.05, 3.63) is 99.7 Å². The van der Waals surface area contributed by atoms with Crippen LogP contribution in [0.1, 0.15) is 16.8 Å². The molecular formula is C26H24Cl2N6S. The third kappa shape index (κ3) is 5.23. The predicted octanol–water partition coefficient (Wildman–Crippen LogP) is 6.16. The summed E-state index contributed by atoms with van der Waals surface area (Å²) in [5.74, 6) is 0.852. The molecule has 178 valence electrons. The Morgan fingerprint density at radius 2 is 1.77 bits per heavy atom. The number of benzene rings is 3. The zero-order valence-corrected chi connectivity index (χ0v) is 21.5. The fourth-order valence-electron chi connectivity index (χ4n) is 4.18. The van der Waals surface area contributed by atoms with Crippen molar-refractivity contribution in [2.45, 2.75) is 25.2 Å². The van der Waals surface area contributed by atoms with Crippen molar-refractivity contribution in [2.24, 2.45) is 0 Å². The highest BCUT2D eigenvalue weighted by Gasteiger charge is 2.15. The van der Waals surface area contributed by atoms with E-state index < -0.39 is 0 Å². The molecule has 35 heavy (non-hydrogen) atoms. The Labute approximate surface area is 218 Å². The Morgan fingerprint density at radius 3 is 2.60 bits per heavy atom. The molecule has 0 aliphatic heterocycles. The van der Waals surface area contributed by atoms with E-state index in [-0.39, 0.29) is 0 Å². The number of para-hydroxylation sites is 2. The van der Waals surface area contributed by atoms with Crippen molar-refractivity contribution in [1.82, 2.24) is 30.1 Å². The van der Waals surface area contributed by atoms with Crippen molar-refractivity contribution >= 4 is 45.9 Å². The van der Waals surface area contributed by atoms with E-state index in [0.29, 0.717) is 16.6 Å². The van der Waals surface area contributed by atoms with E-state index in [9.17, 15) is 0 Å². The van der Waals surface area contributed by atoms with Gasteiger partial charge in [-0.2, -0.15) is 4.68 Å². The van der Waals surface area contributed by atoms with Crippen LogP contribution < -0.4 is 5.32 Å². The summed E-state index contributed by atoms with van der Waals surface area (Å²) in [6, 6.07) is 24.1. The predicted molar refractivity (Wildman–Crippen MR) is 144 cm³/mol. The molecule has 0 radical (unpaired) electrons. The van der Waals surface area contributed by atoms with E-state index in [4.69, 9.17) is 23.2 Å². The van der Waals surface area contributed by atoms with Crippen molar-refractivity contribution in [1.29, 1.82) is 0 Å². The molecule has 9 heteroatoms.